The summed E-state index contributed by atoms with van der Waals surface area (Å²) in [5.74, 6) is 1.68. The topological polar surface area (TPSA) is 38.3 Å². The summed E-state index contributed by atoms with van der Waals surface area (Å²) in [7, 11) is 1.70. The fourth-order valence-electron chi connectivity index (χ4n) is 3.95. The minimum atomic E-state index is -0.00870. The zero-order chi connectivity index (χ0) is 14.3. The number of carbonyl (C=O) groups excluding carboxylic acids is 1. The summed E-state index contributed by atoms with van der Waals surface area (Å²) < 4.78 is 5.38. The first-order chi connectivity index (χ1) is 9.55. The molecule has 1 N–H and O–H groups in total. The number of hydrogen-bond donors (Lipinski definition) is 1. The number of fused-ring (bicyclic) bond motifs is 2. The van der Waals surface area contributed by atoms with E-state index in [0.717, 1.165) is 25.0 Å². The molecule has 1 saturated heterocycles. The largest absolute Gasteiger partial charge is 0.497 e. The number of carbonyl (C=O) groups is 1. The molecular weight excluding hydrogens is 250 g/mol. The van der Waals surface area contributed by atoms with Gasteiger partial charge in [0.1, 0.15) is 5.75 Å². The van der Waals surface area contributed by atoms with Crippen molar-refractivity contribution in [2.75, 3.05) is 7.11 Å². The normalized spacial score (nSPS) is 28.0. The van der Waals surface area contributed by atoms with E-state index >= 15 is 0 Å². The highest BCUT2D eigenvalue weighted by Crippen LogP contribution is 2.49. The molecule has 2 atom stereocenters. The average Bonchev–Trinajstić information content (AvgIpc) is 2.91. The predicted molar refractivity (Wildman–Crippen MR) is 79.0 cm³/mol. The lowest BCUT2D eigenvalue weighted by molar-refractivity contribution is -0.119. The van der Waals surface area contributed by atoms with Crippen molar-refractivity contribution in [3.05, 3.63) is 29.3 Å². The maximum atomic E-state index is 12.0. The molecule has 1 aliphatic heterocycles. The quantitative estimate of drug-likeness (QED) is 0.919. The van der Waals surface area contributed by atoms with Crippen LogP contribution in [-0.4, -0.2) is 19.1 Å². The summed E-state index contributed by atoms with van der Waals surface area (Å²) in [6, 6.07) is 6.61. The Hall–Kier alpha value is -1.51. The minimum absolute atomic E-state index is 0.00870. The maximum Gasteiger partial charge on any atom is 0.221 e. The van der Waals surface area contributed by atoms with Gasteiger partial charge in [-0.25, -0.2) is 0 Å². The summed E-state index contributed by atoms with van der Waals surface area (Å²) in [6.07, 6.45) is 3.82. The molecule has 3 nitrogen and oxygen atoms in total. The van der Waals surface area contributed by atoms with Crippen LogP contribution in [0.25, 0.3) is 0 Å². The summed E-state index contributed by atoms with van der Waals surface area (Å²) in [5.41, 5.74) is 2.71. The number of aryl methyl sites for hydroxylation is 1. The Morgan fingerprint density at radius 1 is 1.45 bits per heavy atom. The standard InChI is InChI=1S/C17H23NO2/c1-11(2)8-15-17(10-16(19)18-15)7-6-12-4-5-13(20-3)9-14(12)17/h4-5,9,11,15H,6-8,10H2,1-3H3,(H,18,19). The van der Waals surface area contributed by atoms with Gasteiger partial charge in [-0.05, 0) is 48.4 Å². The zero-order valence-electron chi connectivity index (χ0n) is 12.5. The van der Waals surface area contributed by atoms with Crippen molar-refractivity contribution in [3.8, 4) is 5.75 Å². The van der Waals surface area contributed by atoms with Gasteiger partial charge in [-0.15, -0.1) is 0 Å². The Labute approximate surface area is 120 Å². The third-order valence-electron chi connectivity index (χ3n) is 4.88. The van der Waals surface area contributed by atoms with Gasteiger partial charge >= 0.3 is 0 Å². The van der Waals surface area contributed by atoms with E-state index in [-0.39, 0.29) is 17.4 Å². The van der Waals surface area contributed by atoms with E-state index in [1.54, 1.807) is 7.11 Å². The van der Waals surface area contributed by atoms with Crippen LogP contribution in [0, 0.1) is 5.92 Å². The van der Waals surface area contributed by atoms with E-state index in [2.05, 4.69) is 31.3 Å². The van der Waals surface area contributed by atoms with Crippen LogP contribution < -0.4 is 10.1 Å². The SMILES string of the molecule is COc1ccc2c(c1)C1(CC2)CC(=O)NC1CC(C)C. The van der Waals surface area contributed by atoms with Crippen LogP contribution in [0.5, 0.6) is 5.75 Å². The molecular formula is C17H23NO2. The van der Waals surface area contributed by atoms with Crippen LogP contribution >= 0.6 is 0 Å². The van der Waals surface area contributed by atoms with Gasteiger partial charge in [0.15, 0.2) is 0 Å². The lowest BCUT2D eigenvalue weighted by Crippen LogP contribution is -2.40. The molecule has 2 unspecified atom stereocenters. The second-order valence-corrected chi connectivity index (χ2v) is 6.61. The first kappa shape index (κ1) is 13.5. The van der Waals surface area contributed by atoms with Gasteiger partial charge < -0.3 is 10.1 Å². The first-order valence-electron chi connectivity index (χ1n) is 7.52. The minimum Gasteiger partial charge on any atom is -0.497 e. The van der Waals surface area contributed by atoms with Crippen molar-refractivity contribution in [1.29, 1.82) is 0 Å². The first-order valence-corrected chi connectivity index (χ1v) is 7.52. The molecule has 1 aromatic carbocycles. The van der Waals surface area contributed by atoms with Gasteiger partial charge in [0.25, 0.3) is 0 Å². The van der Waals surface area contributed by atoms with Gasteiger partial charge in [-0.2, -0.15) is 0 Å². The van der Waals surface area contributed by atoms with E-state index in [1.165, 1.54) is 11.1 Å². The Kier molecular flexibility index (Phi) is 3.23. The molecule has 1 aliphatic carbocycles. The third kappa shape index (κ3) is 2.00. The molecule has 108 valence electrons. The van der Waals surface area contributed by atoms with Crippen molar-refractivity contribution < 1.29 is 9.53 Å². The van der Waals surface area contributed by atoms with E-state index in [1.807, 2.05) is 6.07 Å². The van der Waals surface area contributed by atoms with Crippen LogP contribution in [0.15, 0.2) is 18.2 Å². The monoisotopic (exact) mass is 273 g/mol. The van der Waals surface area contributed by atoms with Gasteiger partial charge in [-0.1, -0.05) is 19.9 Å². The van der Waals surface area contributed by atoms with Crippen LogP contribution in [0.1, 0.15) is 44.2 Å². The average molecular weight is 273 g/mol. The Balaban J connectivity index is 2.03. The molecule has 2 aliphatic rings. The van der Waals surface area contributed by atoms with Crippen LogP contribution in [0.4, 0.5) is 0 Å². The zero-order valence-corrected chi connectivity index (χ0v) is 12.5. The van der Waals surface area contributed by atoms with Crippen molar-refractivity contribution >= 4 is 5.91 Å². The number of methoxy groups -OCH3 is 1. The van der Waals surface area contributed by atoms with Crippen LogP contribution in [0.2, 0.25) is 0 Å². The Bertz CT molecular complexity index is 538. The molecule has 0 saturated carbocycles. The number of amides is 1. The molecule has 0 radical (unpaired) electrons. The van der Waals surface area contributed by atoms with Gasteiger partial charge in [-0.3, -0.25) is 4.79 Å². The molecule has 3 heteroatoms. The van der Waals surface area contributed by atoms with Crippen molar-refractivity contribution in [3.63, 3.8) is 0 Å². The Morgan fingerprint density at radius 2 is 2.25 bits per heavy atom. The molecule has 1 spiro atoms. The van der Waals surface area contributed by atoms with Crippen molar-refractivity contribution in [2.24, 2.45) is 5.92 Å². The molecule has 0 bridgehead atoms. The van der Waals surface area contributed by atoms with E-state index in [0.29, 0.717) is 12.3 Å². The second kappa shape index (κ2) is 4.80. The van der Waals surface area contributed by atoms with Gasteiger partial charge in [0, 0.05) is 17.9 Å². The van der Waals surface area contributed by atoms with E-state index in [9.17, 15) is 4.79 Å². The molecule has 1 heterocycles. The number of ether oxygens (including phenoxy) is 1. The fourth-order valence-corrected chi connectivity index (χ4v) is 3.95. The van der Waals surface area contributed by atoms with Gasteiger partial charge in [0.2, 0.25) is 5.91 Å². The molecule has 1 fully saturated rings. The van der Waals surface area contributed by atoms with Gasteiger partial charge in [0.05, 0.1) is 7.11 Å². The summed E-state index contributed by atoms with van der Waals surface area (Å²) in [4.78, 5) is 12.0. The summed E-state index contributed by atoms with van der Waals surface area (Å²) in [6.45, 7) is 4.44. The number of rotatable bonds is 3. The molecule has 1 aromatic rings. The summed E-state index contributed by atoms with van der Waals surface area (Å²) >= 11 is 0. The predicted octanol–water partition coefficient (Wildman–Crippen LogP) is 2.81. The lowest BCUT2D eigenvalue weighted by Gasteiger charge is -2.32. The van der Waals surface area contributed by atoms with Crippen molar-refractivity contribution in [1.82, 2.24) is 5.32 Å². The third-order valence-corrected chi connectivity index (χ3v) is 4.88. The summed E-state index contributed by atoms with van der Waals surface area (Å²) in [5, 5.41) is 3.22. The molecule has 20 heavy (non-hydrogen) atoms. The van der Waals surface area contributed by atoms with E-state index < -0.39 is 0 Å². The Morgan fingerprint density at radius 3 is 2.95 bits per heavy atom. The smallest absolute Gasteiger partial charge is 0.221 e. The molecule has 1 amide bonds. The molecule has 3 rings (SSSR count). The number of benzene rings is 1. The highest BCUT2D eigenvalue weighted by Gasteiger charge is 2.51. The highest BCUT2D eigenvalue weighted by atomic mass is 16.5. The number of nitrogens with one attached hydrogen (secondary N) is 1. The maximum absolute atomic E-state index is 12.0. The second-order valence-electron chi connectivity index (χ2n) is 6.61. The van der Waals surface area contributed by atoms with Crippen molar-refractivity contribution in [2.45, 2.75) is 51.0 Å². The lowest BCUT2D eigenvalue weighted by atomic mass is 9.73. The van der Waals surface area contributed by atoms with Crippen LogP contribution in [0.3, 0.4) is 0 Å². The van der Waals surface area contributed by atoms with E-state index in [4.69, 9.17) is 4.74 Å². The van der Waals surface area contributed by atoms with Crippen LogP contribution in [-0.2, 0) is 16.6 Å². The highest BCUT2D eigenvalue weighted by molar-refractivity contribution is 5.82. The number of hydrogen-bond acceptors (Lipinski definition) is 2. The molecule has 0 aromatic heterocycles. The fraction of sp³-hybridized carbons (Fsp3) is 0.588.